The molecule has 4 heteroatoms. The molecule has 108 valence electrons. The molecule has 1 aliphatic rings. The average Bonchev–Trinajstić information content (AvgIpc) is 2.56. The number of nitrogens with zero attached hydrogens (tertiary/aromatic N) is 2. The molecule has 1 amide bonds. The summed E-state index contributed by atoms with van der Waals surface area (Å²) in [6.45, 7) is 1.25. The molecule has 3 rings (SSSR count). The van der Waals surface area contributed by atoms with Gasteiger partial charge in [-0.05, 0) is 37.1 Å². The van der Waals surface area contributed by atoms with Crippen molar-refractivity contribution < 1.29 is 9.90 Å². The Hall–Kier alpha value is -2.20. The molecule has 0 saturated carbocycles. The van der Waals surface area contributed by atoms with Crippen LogP contribution in [0.5, 0.6) is 0 Å². The SMILES string of the molecule is O=C(c1ccc(-c2ccccn2)cc1)N1CCC(O)CC1. The highest BCUT2D eigenvalue weighted by atomic mass is 16.3. The minimum Gasteiger partial charge on any atom is -0.393 e. The molecule has 21 heavy (non-hydrogen) atoms. The number of aliphatic hydroxyl groups excluding tert-OH is 1. The van der Waals surface area contributed by atoms with Crippen molar-refractivity contribution in [2.45, 2.75) is 18.9 Å². The Kier molecular flexibility index (Phi) is 3.97. The van der Waals surface area contributed by atoms with Crippen LogP contribution in [0, 0.1) is 0 Å². The molecule has 1 N–H and O–H groups in total. The van der Waals surface area contributed by atoms with Crippen molar-refractivity contribution >= 4 is 5.91 Å². The Morgan fingerprint density at radius 2 is 1.81 bits per heavy atom. The van der Waals surface area contributed by atoms with E-state index in [1.54, 1.807) is 6.20 Å². The van der Waals surface area contributed by atoms with Crippen LogP contribution in [-0.2, 0) is 0 Å². The summed E-state index contributed by atoms with van der Waals surface area (Å²) in [6.07, 6.45) is 2.82. The zero-order valence-electron chi connectivity index (χ0n) is 11.8. The number of benzene rings is 1. The Morgan fingerprint density at radius 1 is 1.10 bits per heavy atom. The van der Waals surface area contributed by atoms with E-state index < -0.39 is 0 Å². The summed E-state index contributed by atoms with van der Waals surface area (Å²) in [7, 11) is 0. The molecule has 0 radical (unpaired) electrons. The van der Waals surface area contributed by atoms with E-state index in [2.05, 4.69) is 4.98 Å². The van der Waals surface area contributed by atoms with Gasteiger partial charge < -0.3 is 10.0 Å². The van der Waals surface area contributed by atoms with Crippen LogP contribution in [0.1, 0.15) is 23.2 Å². The molecule has 0 bridgehead atoms. The van der Waals surface area contributed by atoms with Gasteiger partial charge in [-0.2, -0.15) is 0 Å². The molecule has 1 aromatic heterocycles. The third-order valence-corrected chi connectivity index (χ3v) is 3.84. The van der Waals surface area contributed by atoms with E-state index in [4.69, 9.17) is 0 Å². The molecule has 1 fully saturated rings. The van der Waals surface area contributed by atoms with Crippen LogP contribution in [0.3, 0.4) is 0 Å². The Labute approximate surface area is 124 Å². The maximum Gasteiger partial charge on any atom is 0.253 e. The second kappa shape index (κ2) is 6.06. The molecular formula is C17H18N2O2. The lowest BCUT2D eigenvalue weighted by atomic mass is 10.0. The monoisotopic (exact) mass is 282 g/mol. The largest absolute Gasteiger partial charge is 0.393 e. The molecule has 0 spiro atoms. The molecule has 1 saturated heterocycles. The Bertz CT molecular complexity index is 602. The first-order chi connectivity index (χ1) is 10.2. The van der Waals surface area contributed by atoms with Crippen molar-refractivity contribution in [1.82, 2.24) is 9.88 Å². The topological polar surface area (TPSA) is 53.4 Å². The molecule has 2 heterocycles. The third kappa shape index (κ3) is 3.11. The van der Waals surface area contributed by atoms with E-state index in [1.807, 2.05) is 47.4 Å². The number of carbonyl (C=O) groups is 1. The number of likely N-dealkylation sites (tertiary alicyclic amines) is 1. The van der Waals surface area contributed by atoms with Gasteiger partial charge in [0.1, 0.15) is 0 Å². The number of hydrogen-bond donors (Lipinski definition) is 1. The molecule has 0 unspecified atom stereocenters. The third-order valence-electron chi connectivity index (χ3n) is 3.84. The highest BCUT2D eigenvalue weighted by Gasteiger charge is 2.22. The van der Waals surface area contributed by atoms with Gasteiger partial charge in [-0.1, -0.05) is 18.2 Å². The van der Waals surface area contributed by atoms with Crippen molar-refractivity contribution in [2.75, 3.05) is 13.1 Å². The maximum atomic E-state index is 12.4. The van der Waals surface area contributed by atoms with Gasteiger partial charge in [0, 0.05) is 30.4 Å². The number of piperidine rings is 1. The summed E-state index contributed by atoms with van der Waals surface area (Å²) in [4.78, 5) is 18.5. The molecule has 1 aromatic carbocycles. The number of hydrogen-bond acceptors (Lipinski definition) is 3. The first-order valence-electron chi connectivity index (χ1n) is 7.23. The fourth-order valence-electron chi connectivity index (χ4n) is 2.57. The van der Waals surface area contributed by atoms with Gasteiger partial charge in [0.15, 0.2) is 0 Å². The lowest BCUT2D eigenvalue weighted by molar-refractivity contribution is 0.0546. The van der Waals surface area contributed by atoms with Crippen LogP contribution in [0.15, 0.2) is 48.7 Å². The van der Waals surface area contributed by atoms with E-state index in [0.717, 1.165) is 11.3 Å². The van der Waals surface area contributed by atoms with Crippen LogP contribution in [0.25, 0.3) is 11.3 Å². The van der Waals surface area contributed by atoms with Gasteiger partial charge in [-0.3, -0.25) is 9.78 Å². The van der Waals surface area contributed by atoms with Crippen molar-refractivity contribution in [3.8, 4) is 11.3 Å². The zero-order chi connectivity index (χ0) is 14.7. The minimum atomic E-state index is -0.263. The van der Waals surface area contributed by atoms with Crippen molar-refractivity contribution in [3.05, 3.63) is 54.2 Å². The molecule has 0 atom stereocenters. The Balaban J connectivity index is 1.73. The normalized spacial score (nSPS) is 16.0. The number of pyridine rings is 1. The summed E-state index contributed by atoms with van der Waals surface area (Å²) in [5.74, 6) is 0.0365. The van der Waals surface area contributed by atoms with Gasteiger partial charge in [-0.15, -0.1) is 0 Å². The van der Waals surface area contributed by atoms with Gasteiger partial charge in [0.25, 0.3) is 5.91 Å². The van der Waals surface area contributed by atoms with Crippen LogP contribution < -0.4 is 0 Å². The van der Waals surface area contributed by atoms with Crippen molar-refractivity contribution in [3.63, 3.8) is 0 Å². The number of rotatable bonds is 2. The van der Waals surface area contributed by atoms with E-state index in [-0.39, 0.29) is 12.0 Å². The number of carbonyl (C=O) groups excluding carboxylic acids is 1. The molecule has 4 nitrogen and oxygen atoms in total. The van der Waals surface area contributed by atoms with E-state index in [9.17, 15) is 9.90 Å². The standard InChI is InChI=1S/C17H18N2O2/c20-15-8-11-19(12-9-15)17(21)14-6-4-13(5-7-14)16-3-1-2-10-18-16/h1-7,10,15,20H,8-9,11-12H2. The molecule has 0 aliphatic carbocycles. The number of aromatic nitrogens is 1. The first kappa shape index (κ1) is 13.8. The predicted molar refractivity (Wildman–Crippen MR) is 80.8 cm³/mol. The summed E-state index contributed by atoms with van der Waals surface area (Å²) in [5.41, 5.74) is 2.59. The van der Waals surface area contributed by atoms with Gasteiger partial charge in [0.05, 0.1) is 11.8 Å². The summed E-state index contributed by atoms with van der Waals surface area (Å²) >= 11 is 0. The van der Waals surface area contributed by atoms with E-state index in [1.165, 1.54) is 0 Å². The highest BCUT2D eigenvalue weighted by Crippen LogP contribution is 2.19. The van der Waals surface area contributed by atoms with E-state index in [0.29, 0.717) is 31.5 Å². The summed E-state index contributed by atoms with van der Waals surface area (Å²) in [5, 5.41) is 9.50. The molecule has 1 aliphatic heterocycles. The second-order valence-corrected chi connectivity index (χ2v) is 5.32. The number of aliphatic hydroxyl groups is 1. The molecular weight excluding hydrogens is 264 g/mol. The first-order valence-corrected chi connectivity index (χ1v) is 7.23. The van der Waals surface area contributed by atoms with Crippen LogP contribution in [0.2, 0.25) is 0 Å². The fourth-order valence-corrected chi connectivity index (χ4v) is 2.57. The predicted octanol–water partition coefficient (Wildman–Crippen LogP) is 2.35. The lowest BCUT2D eigenvalue weighted by Gasteiger charge is -2.29. The average molecular weight is 282 g/mol. The van der Waals surface area contributed by atoms with E-state index >= 15 is 0 Å². The molecule has 2 aromatic rings. The summed E-state index contributed by atoms with van der Waals surface area (Å²) in [6, 6.07) is 13.3. The highest BCUT2D eigenvalue weighted by molar-refractivity contribution is 5.94. The zero-order valence-corrected chi connectivity index (χ0v) is 11.8. The quantitative estimate of drug-likeness (QED) is 0.920. The van der Waals surface area contributed by atoms with Crippen LogP contribution in [0.4, 0.5) is 0 Å². The van der Waals surface area contributed by atoms with Gasteiger partial charge >= 0.3 is 0 Å². The minimum absolute atomic E-state index is 0.0365. The van der Waals surface area contributed by atoms with Crippen molar-refractivity contribution in [1.29, 1.82) is 0 Å². The second-order valence-electron chi connectivity index (χ2n) is 5.32. The van der Waals surface area contributed by atoms with Crippen molar-refractivity contribution in [2.24, 2.45) is 0 Å². The van der Waals surface area contributed by atoms with Gasteiger partial charge in [-0.25, -0.2) is 0 Å². The lowest BCUT2D eigenvalue weighted by Crippen LogP contribution is -2.40. The van der Waals surface area contributed by atoms with Gasteiger partial charge in [0.2, 0.25) is 0 Å². The maximum absolute atomic E-state index is 12.4. The fraction of sp³-hybridized carbons (Fsp3) is 0.294. The summed E-state index contributed by atoms with van der Waals surface area (Å²) < 4.78 is 0. The number of amides is 1. The van der Waals surface area contributed by atoms with Crippen LogP contribution in [-0.4, -0.2) is 40.1 Å². The van der Waals surface area contributed by atoms with Crippen LogP contribution >= 0.6 is 0 Å². The Morgan fingerprint density at radius 3 is 2.43 bits per heavy atom. The smallest absolute Gasteiger partial charge is 0.253 e.